The number of nitrogens with zero attached hydrogens (tertiary/aromatic N) is 3. The van der Waals surface area contributed by atoms with Gasteiger partial charge in [0.2, 0.25) is 5.95 Å². The fourth-order valence-corrected chi connectivity index (χ4v) is 3.00. The molecular formula is C22H21N5O. The molecule has 28 heavy (non-hydrogen) atoms. The van der Waals surface area contributed by atoms with Crippen LogP contribution in [0.15, 0.2) is 66.9 Å². The lowest BCUT2D eigenvalue weighted by atomic mass is 10.2. The predicted molar refractivity (Wildman–Crippen MR) is 113 cm³/mol. The van der Waals surface area contributed by atoms with Crippen LogP contribution in [0.4, 0.5) is 23.1 Å². The summed E-state index contributed by atoms with van der Waals surface area (Å²) in [6.45, 7) is 4.50. The first-order chi connectivity index (χ1) is 13.7. The Labute approximate surface area is 163 Å². The molecule has 6 heteroatoms. The molecule has 0 fully saturated rings. The highest BCUT2D eigenvalue weighted by Crippen LogP contribution is 2.28. The first-order valence-corrected chi connectivity index (χ1v) is 9.18. The second kappa shape index (κ2) is 7.92. The summed E-state index contributed by atoms with van der Waals surface area (Å²) < 4.78 is 5.68. The molecule has 0 unspecified atom stereocenters. The number of hydrogen-bond donors (Lipinski definition) is 2. The number of para-hydroxylation sites is 3. The summed E-state index contributed by atoms with van der Waals surface area (Å²) >= 11 is 0. The maximum absolute atomic E-state index is 5.68. The van der Waals surface area contributed by atoms with E-state index in [-0.39, 0.29) is 0 Å². The molecule has 0 amide bonds. The van der Waals surface area contributed by atoms with Crippen molar-refractivity contribution in [2.45, 2.75) is 13.8 Å². The van der Waals surface area contributed by atoms with Crippen LogP contribution >= 0.6 is 0 Å². The van der Waals surface area contributed by atoms with Crippen LogP contribution in [0.1, 0.15) is 12.6 Å². The number of rotatable bonds is 6. The van der Waals surface area contributed by atoms with Crippen molar-refractivity contribution >= 4 is 34.0 Å². The third-order valence-corrected chi connectivity index (χ3v) is 4.18. The Bertz CT molecular complexity index is 1110. The monoisotopic (exact) mass is 371 g/mol. The molecule has 0 aliphatic carbocycles. The zero-order valence-electron chi connectivity index (χ0n) is 15.8. The van der Waals surface area contributed by atoms with E-state index in [0.29, 0.717) is 18.4 Å². The molecule has 0 spiro atoms. The van der Waals surface area contributed by atoms with E-state index in [1.54, 1.807) is 6.20 Å². The van der Waals surface area contributed by atoms with E-state index >= 15 is 0 Å². The molecule has 4 aromatic rings. The van der Waals surface area contributed by atoms with Crippen molar-refractivity contribution in [1.29, 1.82) is 0 Å². The number of aryl methyl sites for hydroxylation is 1. The van der Waals surface area contributed by atoms with Crippen LogP contribution in [0.3, 0.4) is 0 Å². The maximum Gasteiger partial charge on any atom is 0.229 e. The Balaban J connectivity index is 1.64. The molecule has 2 aromatic carbocycles. The highest BCUT2D eigenvalue weighted by molar-refractivity contribution is 5.91. The van der Waals surface area contributed by atoms with Gasteiger partial charge in [0.15, 0.2) is 0 Å². The molecule has 0 bridgehead atoms. The Morgan fingerprint density at radius 2 is 1.71 bits per heavy atom. The molecule has 0 radical (unpaired) electrons. The van der Waals surface area contributed by atoms with Gasteiger partial charge in [-0.15, -0.1) is 0 Å². The molecule has 0 saturated carbocycles. The number of pyridine rings is 1. The van der Waals surface area contributed by atoms with Crippen molar-refractivity contribution in [3.05, 3.63) is 72.6 Å². The second-order valence-electron chi connectivity index (χ2n) is 6.28. The molecule has 0 atom stereocenters. The maximum atomic E-state index is 5.68. The third-order valence-electron chi connectivity index (χ3n) is 4.18. The molecule has 140 valence electrons. The zero-order valence-corrected chi connectivity index (χ0v) is 15.8. The molecule has 0 aliphatic rings. The number of nitrogens with one attached hydrogen (secondary N) is 2. The summed E-state index contributed by atoms with van der Waals surface area (Å²) in [5.74, 6) is 1.99. The molecule has 2 heterocycles. The summed E-state index contributed by atoms with van der Waals surface area (Å²) in [7, 11) is 0. The molecule has 2 N–H and O–H groups in total. The largest absolute Gasteiger partial charge is 0.492 e. The van der Waals surface area contributed by atoms with Gasteiger partial charge in [-0.05, 0) is 38.1 Å². The Hall–Kier alpha value is -3.67. The molecule has 2 aromatic heterocycles. The number of fused-ring (bicyclic) bond motifs is 1. The lowest BCUT2D eigenvalue weighted by Gasteiger charge is -2.13. The fraction of sp³-hybridized carbons (Fsp3) is 0.136. The second-order valence-corrected chi connectivity index (χ2v) is 6.28. The normalized spacial score (nSPS) is 10.6. The number of ether oxygens (including phenoxy) is 1. The van der Waals surface area contributed by atoms with E-state index in [1.807, 2.05) is 74.5 Å². The topological polar surface area (TPSA) is 72.0 Å². The first kappa shape index (κ1) is 17.7. The van der Waals surface area contributed by atoms with Gasteiger partial charge in [-0.25, -0.2) is 4.98 Å². The smallest absolute Gasteiger partial charge is 0.229 e. The van der Waals surface area contributed by atoms with Gasteiger partial charge in [0.25, 0.3) is 0 Å². The molecular weight excluding hydrogens is 350 g/mol. The molecule has 0 aliphatic heterocycles. The van der Waals surface area contributed by atoms with Crippen LogP contribution < -0.4 is 15.4 Å². The quantitative estimate of drug-likeness (QED) is 0.484. The average Bonchev–Trinajstić information content (AvgIpc) is 2.70. The van der Waals surface area contributed by atoms with E-state index in [4.69, 9.17) is 4.74 Å². The summed E-state index contributed by atoms with van der Waals surface area (Å²) in [5, 5.41) is 7.69. The van der Waals surface area contributed by atoms with E-state index in [2.05, 4.69) is 25.6 Å². The highest BCUT2D eigenvalue weighted by Gasteiger charge is 2.08. The van der Waals surface area contributed by atoms with Crippen LogP contribution in [0, 0.1) is 6.92 Å². The minimum Gasteiger partial charge on any atom is -0.492 e. The van der Waals surface area contributed by atoms with Gasteiger partial charge >= 0.3 is 0 Å². The lowest BCUT2D eigenvalue weighted by molar-refractivity contribution is 0.342. The Morgan fingerprint density at radius 3 is 2.61 bits per heavy atom. The van der Waals surface area contributed by atoms with Gasteiger partial charge in [0, 0.05) is 23.3 Å². The number of anilines is 4. The van der Waals surface area contributed by atoms with Gasteiger partial charge < -0.3 is 15.4 Å². The van der Waals surface area contributed by atoms with Crippen molar-refractivity contribution in [1.82, 2.24) is 15.0 Å². The summed E-state index contributed by atoms with van der Waals surface area (Å²) in [6.07, 6.45) is 1.78. The van der Waals surface area contributed by atoms with E-state index in [9.17, 15) is 0 Å². The predicted octanol–water partition coefficient (Wildman–Crippen LogP) is 5.22. The van der Waals surface area contributed by atoms with Crippen molar-refractivity contribution < 1.29 is 4.74 Å². The minimum atomic E-state index is 0.509. The SMILES string of the molecule is CCOc1ccccc1Nc1cc(C)nc(Nc2cccc3cccnc23)n1. The Kier molecular flexibility index (Phi) is 5.01. The van der Waals surface area contributed by atoms with Crippen molar-refractivity contribution in [3.8, 4) is 5.75 Å². The van der Waals surface area contributed by atoms with Crippen molar-refractivity contribution in [2.75, 3.05) is 17.2 Å². The minimum absolute atomic E-state index is 0.509. The lowest BCUT2D eigenvalue weighted by Crippen LogP contribution is -2.04. The first-order valence-electron chi connectivity index (χ1n) is 9.18. The third kappa shape index (κ3) is 3.86. The summed E-state index contributed by atoms with van der Waals surface area (Å²) in [6, 6.07) is 19.6. The Morgan fingerprint density at radius 1 is 0.893 bits per heavy atom. The van der Waals surface area contributed by atoms with Gasteiger partial charge in [0.05, 0.1) is 23.5 Å². The molecule has 0 saturated heterocycles. The van der Waals surface area contributed by atoms with Crippen LogP contribution in [0.5, 0.6) is 5.75 Å². The van der Waals surface area contributed by atoms with Gasteiger partial charge in [0.1, 0.15) is 11.6 Å². The van der Waals surface area contributed by atoms with E-state index < -0.39 is 0 Å². The van der Waals surface area contributed by atoms with Crippen molar-refractivity contribution in [3.63, 3.8) is 0 Å². The zero-order chi connectivity index (χ0) is 19.3. The van der Waals surface area contributed by atoms with Gasteiger partial charge in [-0.3, -0.25) is 4.98 Å². The number of benzene rings is 2. The highest BCUT2D eigenvalue weighted by atomic mass is 16.5. The summed E-state index contributed by atoms with van der Waals surface area (Å²) in [5.41, 5.74) is 3.46. The average molecular weight is 371 g/mol. The van der Waals surface area contributed by atoms with Crippen LogP contribution in [0.25, 0.3) is 10.9 Å². The van der Waals surface area contributed by atoms with Crippen molar-refractivity contribution in [2.24, 2.45) is 0 Å². The van der Waals surface area contributed by atoms with Gasteiger partial charge in [-0.2, -0.15) is 4.98 Å². The van der Waals surface area contributed by atoms with E-state index in [1.165, 1.54) is 0 Å². The number of hydrogen-bond acceptors (Lipinski definition) is 6. The summed E-state index contributed by atoms with van der Waals surface area (Å²) in [4.78, 5) is 13.6. The molecule has 4 rings (SSSR count). The van der Waals surface area contributed by atoms with Crippen LogP contribution in [0.2, 0.25) is 0 Å². The van der Waals surface area contributed by atoms with Gasteiger partial charge in [-0.1, -0.05) is 30.3 Å². The van der Waals surface area contributed by atoms with E-state index in [0.717, 1.165) is 33.7 Å². The van der Waals surface area contributed by atoms with Crippen LogP contribution in [-0.2, 0) is 0 Å². The van der Waals surface area contributed by atoms with Crippen LogP contribution in [-0.4, -0.2) is 21.6 Å². The standard InChI is InChI=1S/C22H21N5O/c1-3-28-19-12-5-4-10-17(19)25-20-14-15(2)24-22(27-20)26-18-11-6-8-16-9-7-13-23-21(16)18/h4-14H,3H2,1-2H3,(H2,24,25,26,27). The molecule has 6 nitrogen and oxygen atoms in total. The fourth-order valence-electron chi connectivity index (χ4n) is 3.00. The number of aromatic nitrogens is 3.